The van der Waals surface area contributed by atoms with E-state index in [-0.39, 0.29) is 0 Å². The van der Waals surface area contributed by atoms with Crippen LogP contribution in [0.25, 0.3) is 0 Å². The molecule has 0 radical (unpaired) electrons. The summed E-state index contributed by atoms with van der Waals surface area (Å²) in [5, 5.41) is 0. The van der Waals surface area contributed by atoms with Gasteiger partial charge in [0.1, 0.15) is 5.75 Å². The molecule has 0 spiro atoms. The van der Waals surface area contributed by atoms with Gasteiger partial charge in [-0.2, -0.15) is 0 Å². The van der Waals surface area contributed by atoms with Crippen molar-refractivity contribution in [1.82, 2.24) is 0 Å². The monoisotopic (exact) mass is 179 g/mol. The van der Waals surface area contributed by atoms with Crippen LogP contribution in [0, 0.1) is 6.92 Å². The molecule has 1 atom stereocenters. The van der Waals surface area contributed by atoms with Gasteiger partial charge in [0.05, 0.1) is 0 Å². The lowest BCUT2D eigenvalue weighted by Crippen LogP contribution is -2.30. The highest BCUT2D eigenvalue weighted by atomic mass is 16.5. The van der Waals surface area contributed by atoms with Crippen LogP contribution in [-0.2, 0) is 4.79 Å². The molecule has 70 valence electrons. The zero-order valence-electron chi connectivity index (χ0n) is 7.78. The van der Waals surface area contributed by atoms with E-state index in [2.05, 4.69) is 0 Å². The van der Waals surface area contributed by atoms with Gasteiger partial charge in [-0.15, -0.1) is 0 Å². The van der Waals surface area contributed by atoms with E-state index in [4.69, 9.17) is 10.5 Å². The van der Waals surface area contributed by atoms with E-state index in [9.17, 15) is 4.79 Å². The average molecular weight is 179 g/mol. The largest absolute Gasteiger partial charge is 0.481 e. The molecule has 0 aliphatic carbocycles. The molecule has 1 amide bonds. The molecular weight excluding hydrogens is 166 g/mol. The van der Waals surface area contributed by atoms with Crippen molar-refractivity contribution in [2.24, 2.45) is 5.73 Å². The Labute approximate surface area is 77.5 Å². The van der Waals surface area contributed by atoms with Crippen molar-refractivity contribution in [1.29, 1.82) is 0 Å². The molecule has 0 saturated heterocycles. The maximum absolute atomic E-state index is 10.7. The molecule has 2 N–H and O–H groups in total. The Kier molecular flexibility index (Phi) is 2.90. The second kappa shape index (κ2) is 3.94. The smallest absolute Gasteiger partial charge is 0.258 e. The molecule has 3 nitrogen and oxygen atoms in total. The van der Waals surface area contributed by atoms with Gasteiger partial charge in [0.2, 0.25) is 0 Å². The van der Waals surface area contributed by atoms with Crippen LogP contribution in [0.4, 0.5) is 0 Å². The Bertz CT molecular complexity index is 310. The predicted octanol–water partition coefficient (Wildman–Crippen LogP) is 1.25. The molecule has 0 aromatic heterocycles. The molecule has 1 aromatic rings. The van der Waals surface area contributed by atoms with E-state index in [1.807, 2.05) is 25.1 Å². The van der Waals surface area contributed by atoms with Crippen LogP contribution < -0.4 is 10.5 Å². The number of ether oxygens (including phenoxy) is 1. The Hall–Kier alpha value is -1.51. The first-order chi connectivity index (χ1) is 6.09. The Balaban J connectivity index is 2.69. The highest BCUT2D eigenvalue weighted by Gasteiger charge is 2.09. The van der Waals surface area contributed by atoms with Gasteiger partial charge < -0.3 is 10.5 Å². The summed E-state index contributed by atoms with van der Waals surface area (Å²) < 4.78 is 5.28. The van der Waals surface area contributed by atoms with Crippen LogP contribution in [0.1, 0.15) is 12.5 Å². The van der Waals surface area contributed by atoms with Crippen molar-refractivity contribution >= 4 is 5.91 Å². The van der Waals surface area contributed by atoms with Crippen molar-refractivity contribution in [3.05, 3.63) is 29.8 Å². The van der Waals surface area contributed by atoms with Crippen molar-refractivity contribution in [3.8, 4) is 5.75 Å². The number of hydrogen-bond donors (Lipinski definition) is 1. The minimum absolute atomic E-state index is 0.457. The number of nitrogens with two attached hydrogens (primary N) is 1. The van der Waals surface area contributed by atoms with Crippen molar-refractivity contribution in [2.75, 3.05) is 0 Å². The van der Waals surface area contributed by atoms with Crippen LogP contribution >= 0.6 is 0 Å². The number of amides is 1. The van der Waals surface area contributed by atoms with Gasteiger partial charge >= 0.3 is 0 Å². The van der Waals surface area contributed by atoms with Gasteiger partial charge in [-0.05, 0) is 31.5 Å². The Morgan fingerprint density at radius 3 is 2.77 bits per heavy atom. The summed E-state index contributed by atoms with van der Waals surface area (Å²) >= 11 is 0. The molecule has 3 heteroatoms. The van der Waals surface area contributed by atoms with E-state index in [0.29, 0.717) is 5.75 Å². The maximum Gasteiger partial charge on any atom is 0.258 e. The third kappa shape index (κ3) is 2.78. The summed E-state index contributed by atoms with van der Waals surface area (Å²) in [4.78, 5) is 10.7. The SMILES string of the molecule is Cc1cccc(OC(C)C(N)=O)c1. The Morgan fingerprint density at radius 2 is 2.23 bits per heavy atom. The van der Waals surface area contributed by atoms with Gasteiger partial charge in [-0.1, -0.05) is 12.1 Å². The molecule has 0 bridgehead atoms. The summed E-state index contributed by atoms with van der Waals surface area (Å²) in [5.74, 6) is 0.216. The second-order valence-corrected chi connectivity index (χ2v) is 2.98. The van der Waals surface area contributed by atoms with Gasteiger partial charge in [0.15, 0.2) is 6.10 Å². The lowest BCUT2D eigenvalue weighted by molar-refractivity contribution is -0.123. The fourth-order valence-electron chi connectivity index (χ4n) is 0.951. The molecule has 1 unspecified atom stereocenters. The molecule has 1 rings (SSSR count). The number of hydrogen-bond acceptors (Lipinski definition) is 2. The first kappa shape index (κ1) is 9.58. The third-order valence-electron chi connectivity index (χ3n) is 1.70. The van der Waals surface area contributed by atoms with Crippen LogP contribution in [-0.4, -0.2) is 12.0 Å². The average Bonchev–Trinajstić information content (AvgIpc) is 2.04. The number of carbonyl (C=O) groups is 1. The predicted molar refractivity (Wildman–Crippen MR) is 50.5 cm³/mol. The number of carbonyl (C=O) groups excluding carboxylic acids is 1. The normalized spacial score (nSPS) is 12.2. The first-order valence-corrected chi connectivity index (χ1v) is 4.12. The highest BCUT2D eigenvalue weighted by Crippen LogP contribution is 2.13. The molecular formula is C10H13NO2. The van der Waals surface area contributed by atoms with Crippen molar-refractivity contribution in [3.63, 3.8) is 0 Å². The zero-order chi connectivity index (χ0) is 9.84. The molecule has 13 heavy (non-hydrogen) atoms. The molecule has 0 heterocycles. The number of primary amides is 1. The summed E-state index contributed by atoms with van der Waals surface area (Å²) in [7, 11) is 0. The lowest BCUT2D eigenvalue weighted by atomic mass is 10.2. The highest BCUT2D eigenvalue weighted by molar-refractivity contribution is 5.78. The van der Waals surface area contributed by atoms with Gasteiger partial charge in [0, 0.05) is 0 Å². The standard InChI is InChI=1S/C10H13NO2/c1-7-4-3-5-9(6-7)13-8(2)10(11)12/h3-6,8H,1-2H3,(H2,11,12). The van der Waals surface area contributed by atoms with Crippen LogP contribution in [0.2, 0.25) is 0 Å². The molecule has 0 fully saturated rings. The number of rotatable bonds is 3. The van der Waals surface area contributed by atoms with E-state index < -0.39 is 12.0 Å². The zero-order valence-corrected chi connectivity index (χ0v) is 7.78. The molecule has 1 aromatic carbocycles. The number of benzene rings is 1. The number of aryl methyl sites for hydroxylation is 1. The van der Waals surface area contributed by atoms with Crippen LogP contribution in [0.5, 0.6) is 5.75 Å². The Morgan fingerprint density at radius 1 is 1.54 bits per heavy atom. The lowest BCUT2D eigenvalue weighted by Gasteiger charge is -2.11. The summed E-state index contributed by atoms with van der Waals surface area (Å²) in [6.45, 7) is 3.59. The second-order valence-electron chi connectivity index (χ2n) is 2.98. The fraction of sp³-hybridized carbons (Fsp3) is 0.300. The van der Waals surface area contributed by atoms with Gasteiger partial charge in [-0.25, -0.2) is 0 Å². The van der Waals surface area contributed by atoms with Crippen molar-refractivity contribution in [2.45, 2.75) is 20.0 Å². The fourth-order valence-corrected chi connectivity index (χ4v) is 0.951. The van der Waals surface area contributed by atoms with E-state index in [1.54, 1.807) is 13.0 Å². The maximum atomic E-state index is 10.7. The third-order valence-corrected chi connectivity index (χ3v) is 1.70. The quantitative estimate of drug-likeness (QED) is 0.759. The molecule has 0 saturated carbocycles. The van der Waals surface area contributed by atoms with Crippen LogP contribution in [0.15, 0.2) is 24.3 Å². The van der Waals surface area contributed by atoms with Gasteiger partial charge in [0.25, 0.3) is 5.91 Å². The van der Waals surface area contributed by atoms with Crippen molar-refractivity contribution < 1.29 is 9.53 Å². The van der Waals surface area contributed by atoms with Crippen LogP contribution in [0.3, 0.4) is 0 Å². The first-order valence-electron chi connectivity index (χ1n) is 4.12. The minimum atomic E-state index is -0.582. The molecule has 0 aliphatic heterocycles. The summed E-state index contributed by atoms with van der Waals surface area (Å²) in [6.07, 6.45) is -0.582. The van der Waals surface area contributed by atoms with Gasteiger partial charge in [-0.3, -0.25) is 4.79 Å². The van der Waals surface area contributed by atoms with E-state index in [1.165, 1.54) is 0 Å². The summed E-state index contributed by atoms with van der Waals surface area (Å²) in [6, 6.07) is 7.49. The van der Waals surface area contributed by atoms with E-state index >= 15 is 0 Å². The summed E-state index contributed by atoms with van der Waals surface area (Å²) in [5.41, 5.74) is 6.15. The topological polar surface area (TPSA) is 52.3 Å². The van der Waals surface area contributed by atoms with E-state index in [0.717, 1.165) is 5.56 Å². The minimum Gasteiger partial charge on any atom is -0.481 e. The molecule has 0 aliphatic rings.